The molecule has 1 fully saturated rings. The Morgan fingerprint density at radius 3 is 2.68 bits per heavy atom. The molecule has 2 atom stereocenters. The number of nitrogens with zero attached hydrogens (tertiary/aromatic N) is 1. The Bertz CT molecular complexity index is 520. The second-order valence-corrected chi connectivity index (χ2v) is 8.62. The Morgan fingerprint density at radius 2 is 2.16 bits per heavy atom. The van der Waals surface area contributed by atoms with Crippen molar-refractivity contribution >= 4 is 21.4 Å². The number of hydrogen-bond acceptors (Lipinski definition) is 5. The zero-order chi connectivity index (χ0) is 14.3. The van der Waals surface area contributed by atoms with Crippen LogP contribution in [0.3, 0.4) is 0 Å². The van der Waals surface area contributed by atoms with Gasteiger partial charge < -0.3 is 0 Å². The first-order valence-electron chi connectivity index (χ1n) is 6.13. The smallest absolute Gasteiger partial charge is 0.219 e. The van der Waals surface area contributed by atoms with E-state index in [2.05, 4.69) is 4.72 Å². The van der Waals surface area contributed by atoms with Crippen molar-refractivity contribution in [2.45, 2.75) is 37.6 Å². The van der Waals surface area contributed by atoms with Crippen LogP contribution in [0, 0.1) is 0 Å². The van der Waals surface area contributed by atoms with Gasteiger partial charge in [-0.2, -0.15) is 5.06 Å². The van der Waals surface area contributed by atoms with Gasteiger partial charge in [0.2, 0.25) is 10.0 Å². The third-order valence-corrected chi connectivity index (χ3v) is 5.90. The lowest BCUT2D eigenvalue weighted by Crippen LogP contribution is -2.47. The number of hydrogen-bond donors (Lipinski definition) is 1. The van der Waals surface area contributed by atoms with Gasteiger partial charge in [0.25, 0.3) is 0 Å². The van der Waals surface area contributed by atoms with Crippen molar-refractivity contribution in [2.24, 2.45) is 0 Å². The lowest BCUT2D eigenvalue weighted by atomic mass is 10.1. The van der Waals surface area contributed by atoms with Crippen molar-refractivity contribution in [3.8, 4) is 0 Å². The Labute approximate surface area is 118 Å². The van der Waals surface area contributed by atoms with Crippen molar-refractivity contribution in [1.82, 2.24) is 9.79 Å². The number of thiophene rings is 1. The SMILES string of the molecule is CN1OCC(S(=O)(=O)NC(C)(C)C)C1c1cccs1. The maximum Gasteiger partial charge on any atom is 0.219 e. The van der Waals surface area contributed by atoms with E-state index in [4.69, 9.17) is 4.84 Å². The summed E-state index contributed by atoms with van der Waals surface area (Å²) in [6.07, 6.45) is 0. The molecule has 1 N–H and O–H groups in total. The highest BCUT2D eigenvalue weighted by Crippen LogP contribution is 2.35. The van der Waals surface area contributed by atoms with Gasteiger partial charge in [0.15, 0.2) is 0 Å². The van der Waals surface area contributed by atoms with Crippen molar-refractivity contribution in [2.75, 3.05) is 13.7 Å². The standard InChI is InChI=1S/C12H20N2O3S2/c1-12(2,3)13-19(15,16)10-8-17-14(4)11(10)9-6-5-7-18-9/h5-7,10-11,13H,8H2,1-4H3. The van der Waals surface area contributed by atoms with E-state index in [1.54, 1.807) is 23.4 Å². The number of rotatable bonds is 3. The van der Waals surface area contributed by atoms with Crippen LogP contribution in [0.15, 0.2) is 17.5 Å². The first kappa shape index (κ1) is 14.9. The van der Waals surface area contributed by atoms with Gasteiger partial charge in [-0.1, -0.05) is 6.07 Å². The molecule has 1 aliphatic heterocycles. The van der Waals surface area contributed by atoms with Gasteiger partial charge in [-0.15, -0.1) is 11.3 Å². The van der Waals surface area contributed by atoms with E-state index in [9.17, 15) is 8.42 Å². The fourth-order valence-electron chi connectivity index (χ4n) is 2.18. The number of nitrogens with one attached hydrogen (secondary N) is 1. The van der Waals surface area contributed by atoms with E-state index in [1.807, 2.05) is 38.3 Å². The van der Waals surface area contributed by atoms with Crippen LogP contribution in [-0.2, 0) is 14.9 Å². The molecule has 0 amide bonds. The van der Waals surface area contributed by atoms with Crippen LogP contribution in [0.5, 0.6) is 0 Å². The van der Waals surface area contributed by atoms with Crippen molar-refractivity contribution in [3.05, 3.63) is 22.4 Å². The largest absolute Gasteiger partial charge is 0.297 e. The van der Waals surface area contributed by atoms with Crippen LogP contribution in [0.25, 0.3) is 0 Å². The quantitative estimate of drug-likeness (QED) is 0.924. The molecule has 7 heteroatoms. The second kappa shape index (κ2) is 5.14. The van der Waals surface area contributed by atoms with Gasteiger partial charge in [-0.25, -0.2) is 13.1 Å². The summed E-state index contributed by atoms with van der Waals surface area (Å²) in [6, 6.07) is 3.62. The highest BCUT2D eigenvalue weighted by molar-refractivity contribution is 7.90. The van der Waals surface area contributed by atoms with Gasteiger partial charge in [0.05, 0.1) is 12.6 Å². The van der Waals surface area contributed by atoms with Gasteiger partial charge >= 0.3 is 0 Å². The molecule has 1 aliphatic rings. The molecule has 1 saturated heterocycles. The summed E-state index contributed by atoms with van der Waals surface area (Å²) >= 11 is 1.55. The van der Waals surface area contributed by atoms with Gasteiger partial charge in [0, 0.05) is 17.5 Å². The van der Waals surface area contributed by atoms with Crippen molar-refractivity contribution in [1.29, 1.82) is 0 Å². The number of sulfonamides is 1. The zero-order valence-electron chi connectivity index (χ0n) is 11.6. The molecule has 2 heterocycles. The summed E-state index contributed by atoms with van der Waals surface area (Å²) < 4.78 is 27.7. The average molecular weight is 304 g/mol. The molecule has 2 rings (SSSR count). The Balaban J connectivity index is 2.29. The molecule has 0 radical (unpaired) electrons. The summed E-state index contributed by atoms with van der Waals surface area (Å²) in [5.41, 5.74) is -0.486. The topological polar surface area (TPSA) is 58.6 Å². The molecular formula is C12H20N2O3S2. The van der Waals surface area contributed by atoms with Crippen molar-refractivity contribution in [3.63, 3.8) is 0 Å². The molecule has 0 aliphatic carbocycles. The molecule has 1 aromatic heterocycles. The predicted octanol–water partition coefficient (Wildman–Crippen LogP) is 1.75. The summed E-state index contributed by atoms with van der Waals surface area (Å²) in [5, 5.41) is 3.00. The molecule has 19 heavy (non-hydrogen) atoms. The average Bonchev–Trinajstić information content (AvgIpc) is 2.81. The third-order valence-electron chi connectivity index (χ3n) is 2.87. The zero-order valence-corrected chi connectivity index (χ0v) is 13.2. The van der Waals surface area contributed by atoms with E-state index < -0.39 is 20.8 Å². The van der Waals surface area contributed by atoms with Crippen LogP contribution in [-0.4, -0.2) is 37.9 Å². The Morgan fingerprint density at radius 1 is 1.47 bits per heavy atom. The van der Waals surface area contributed by atoms with Gasteiger partial charge in [0.1, 0.15) is 5.25 Å². The molecule has 2 unspecified atom stereocenters. The highest BCUT2D eigenvalue weighted by atomic mass is 32.2. The highest BCUT2D eigenvalue weighted by Gasteiger charge is 2.44. The molecule has 5 nitrogen and oxygen atoms in total. The lowest BCUT2D eigenvalue weighted by Gasteiger charge is -2.26. The third kappa shape index (κ3) is 3.35. The minimum atomic E-state index is -3.44. The predicted molar refractivity (Wildman–Crippen MR) is 76.4 cm³/mol. The van der Waals surface area contributed by atoms with Gasteiger partial charge in [-0.05, 0) is 32.2 Å². The monoisotopic (exact) mass is 304 g/mol. The van der Waals surface area contributed by atoms with E-state index in [1.165, 1.54) is 0 Å². The minimum Gasteiger partial charge on any atom is -0.297 e. The maximum atomic E-state index is 12.5. The van der Waals surface area contributed by atoms with E-state index >= 15 is 0 Å². The first-order chi connectivity index (χ1) is 8.71. The van der Waals surface area contributed by atoms with Crippen LogP contribution in [0.4, 0.5) is 0 Å². The lowest BCUT2D eigenvalue weighted by molar-refractivity contribution is -0.110. The van der Waals surface area contributed by atoms with Crippen molar-refractivity contribution < 1.29 is 13.3 Å². The van der Waals surface area contributed by atoms with Crippen LogP contribution < -0.4 is 4.72 Å². The fraction of sp³-hybridized carbons (Fsp3) is 0.667. The molecule has 1 aromatic rings. The maximum absolute atomic E-state index is 12.5. The molecule has 108 valence electrons. The normalized spacial score (nSPS) is 25.9. The fourth-order valence-corrected chi connectivity index (χ4v) is 5.09. The molecule has 0 bridgehead atoms. The van der Waals surface area contributed by atoms with Crippen LogP contribution >= 0.6 is 11.3 Å². The second-order valence-electron chi connectivity index (χ2n) is 5.74. The summed E-state index contributed by atoms with van der Waals surface area (Å²) in [6.45, 7) is 5.70. The van der Waals surface area contributed by atoms with E-state index in [0.29, 0.717) is 0 Å². The molecule has 0 saturated carbocycles. The van der Waals surface area contributed by atoms with E-state index in [0.717, 1.165) is 4.88 Å². The molecule has 0 aromatic carbocycles. The van der Waals surface area contributed by atoms with Gasteiger partial charge in [-0.3, -0.25) is 4.84 Å². The molecule has 0 spiro atoms. The van der Waals surface area contributed by atoms with E-state index in [-0.39, 0.29) is 12.6 Å². The summed E-state index contributed by atoms with van der Waals surface area (Å²) in [4.78, 5) is 6.43. The Hall–Kier alpha value is -0.470. The summed E-state index contributed by atoms with van der Waals surface area (Å²) in [7, 11) is -1.66. The van der Waals surface area contributed by atoms with Crippen LogP contribution in [0.1, 0.15) is 31.7 Å². The minimum absolute atomic E-state index is 0.185. The first-order valence-corrected chi connectivity index (χ1v) is 8.55. The van der Waals surface area contributed by atoms with Crippen LogP contribution in [0.2, 0.25) is 0 Å². The Kier molecular flexibility index (Phi) is 4.04. The summed E-state index contributed by atoms with van der Waals surface area (Å²) in [5.74, 6) is 0. The number of hydroxylamine groups is 2. The molecular weight excluding hydrogens is 284 g/mol.